The van der Waals surface area contributed by atoms with Crippen LogP contribution >= 0.6 is 0 Å². The highest BCUT2D eigenvalue weighted by atomic mass is 32.2. The van der Waals surface area contributed by atoms with Gasteiger partial charge in [-0.05, 0) is 0 Å². The number of hydrogen-bond acceptors (Lipinski definition) is 6. The molecule has 0 saturated carbocycles. The summed E-state index contributed by atoms with van der Waals surface area (Å²) in [6.45, 7) is 1.30. The lowest BCUT2D eigenvalue weighted by atomic mass is 10.0. The lowest BCUT2D eigenvalue weighted by Crippen LogP contribution is -2.48. The van der Waals surface area contributed by atoms with E-state index in [9.17, 15) is 8.42 Å². The summed E-state index contributed by atoms with van der Waals surface area (Å²) in [7, 11) is -1.72. The molecule has 0 amide bonds. The lowest BCUT2D eigenvalue weighted by molar-refractivity contribution is 0.0391. The highest BCUT2D eigenvalue weighted by Crippen LogP contribution is 2.31. The van der Waals surface area contributed by atoms with Crippen molar-refractivity contribution >= 4 is 10.0 Å². The van der Waals surface area contributed by atoms with E-state index in [-0.39, 0.29) is 25.2 Å². The molecule has 0 aromatic carbocycles. The number of aromatic amines is 1. The molecule has 3 heterocycles. The van der Waals surface area contributed by atoms with E-state index < -0.39 is 15.3 Å². The Kier molecular flexibility index (Phi) is 3.29. The first-order valence-electron chi connectivity index (χ1n) is 6.08. The minimum Gasteiger partial charge on any atom is -0.379 e. The Morgan fingerprint density at radius 1 is 1.47 bits per heavy atom. The van der Waals surface area contributed by atoms with Gasteiger partial charge in [0, 0.05) is 26.1 Å². The summed E-state index contributed by atoms with van der Waals surface area (Å²) in [5.41, 5.74) is 0.731. The van der Waals surface area contributed by atoms with Crippen molar-refractivity contribution < 1.29 is 17.9 Å². The zero-order valence-electron chi connectivity index (χ0n) is 10.5. The second kappa shape index (κ2) is 4.82. The molecule has 0 radical (unpaired) electrons. The van der Waals surface area contributed by atoms with Crippen molar-refractivity contribution in [3.05, 3.63) is 11.9 Å². The van der Waals surface area contributed by atoms with Gasteiger partial charge in [0.05, 0.1) is 31.2 Å². The Morgan fingerprint density at radius 3 is 2.79 bits per heavy atom. The van der Waals surface area contributed by atoms with Crippen molar-refractivity contribution in [1.29, 1.82) is 0 Å². The Morgan fingerprint density at radius 2 is 2.26 bits per heavy atom. The summed E-state index contributed by atoms with van der Waals surface area (Å²) in [6.07, 6.45) is 1.42. The Balaban J connectivity index is 1.80. The van der Waals surface area contributed by atoms with Gasteiger partial charge in [0.2, 0.25) is 10.0 Å². The molecule has 1 aromatic rings. The second-order valence-electron chi connectivity index (χ2n) is 4.80. The van der Waals surface area contributed by atoms with Crippen LogP contribution in [0.2, 0.25) is 0 Å². The minimum absolute atomic E-state index is 0.0838. The maximum absolute atomic E-state index is 12.3. The quantitative estimate of drug-likeness (QED) is 0.759. The summed E-state index contributed by atoms with van der Waals surface area (Å²) in [5, 5.41) is 9.93. The summed E-state index contributed by atoms with van der Waals surface area (Å²) in [5.74, 6) is -0.0838. The number of H-pyrrole nitrogens is 1. The van der Waals surface area contributed by atoms with E-state index in [0.717, 1.165) is 5.69 Å². The van der Waals surface area contributed by atoms with Gasteiger partial charge in [-0.1, -0.05) is 0 Å². The number of hydrogen-bond donors (Lipinski definition) is 1. The molecule has 8 nitrogen and oxygen atoms in total. The topological polar surface area (TPSA) is 97.4 Å². The van der Waals surface area contributed by atoms with Crippen LogP contribution in [0, 0.1) is 0 Å². The van der Waals surface area contributed by atoms with E-state index in [2.05, 4.69) is 15.4 Å². The molecule has 3 rings (SSSR count). The summed E-state index contributed by atoms with van der Waals surface area (Å²) in [4.78, 5) is 0. The van der Waals surface area contributed by atoms with Crippen LogP contribution in [-0.4, -0.2) is 72.9 Å². The standard InChI is InChI=1S/C10H16N4O4S/c1-17-10-4-14(19(15,16)7-5-18-6-7)3-8(10)9-2-11-13-12-9/h2,7-8,10H,3-6H2,1H3,(H,11,12,13)/t8-,10+/m0/s1. The Hall–Kier alpha value is -1.03. The number of sulfonamides is 1. The molecular weight excluding hydrogens is 272 g/mol. The fourth-order valence-corrected chi connectivity index (χ4v) is 4.14. The molecule has 9 heteroatoms. The highest BCUT2D eigenvalue weighted by Gasteiger charge is 2.45. The third-order valence-corrected chi connectivity index (χ3v) is 5.87. The molecule has 0 bridgehead atoms. The van der Waals surface area contributed by atoms with E-state index in [1.165, 1.54) is 4.31 Å². The number of rotatable bonds is 4. The second-order valence-corrected chi connectivity index (χ2v) is 7.01. The first-order valence-corrected chi connectivity index (χ1v) is 7.58. The molecule has 0 aliphatic carbocycles. The zero-order chi connectivity index (χ0) is 13.5. The number of nitrogens with one attached hydrogen (secondary N) is 1. The fraction of sp³-hybridized carbons (Fsp3) is 0.800. The molecule has 2 fully saturated rings. The van der Waals surface area contributed by atoms with Gasteiger partial charge < -0.3 is 9.47 Å². The predicted octanol–water partition coefficient (Wildman–Crippen LogP) is -1.05. The van der Waals surface area contributed by atoms with Crippen LogP contribution in [0.3, 0.4) is 0 Å². The number of methoxy groups -OCH3 is 1. The van der Waals surface area contributed by atoms with Gasteiger partial charge in [-0.25, -0.2) is 8.42 Å². The van der Waals surface area contributed by atoms with Gasteiger partial charge in [0.15, 0.2) is 0 Å². The first-order chi connectivity index (χ1) is 9.13. The van der Waals surface area contributed by atoms with Crippen LogP contribution in [0.4, 0.5) is 0 Å². The zero-order valence-corrected chi connectivity index (χ0v) is 11.3. The fourth-order valence-electron chi connectivity index (χ4n) is 2.46. The maximum atomic E-state index is 12.3. The van der Waals surface area contributed by atoms with Gasteiger partial charge in [-0.3, -0.25) is 0 Å². The van der Waals surface area contributed by atoms with Crippen LogP contribution < -0.4 is 0 Å². The molecule has 2 aliphatic heterocycles. The van der Waals surface area contributed by atoms with Crippen LogP contribution in [0.25, 0.3) is 0 Å². The predicted molar refractivity (Wildman–Crippen MR) is 65.0 cm³/mol. The first kappa shape index (κ1) is 13.0. The summed E-state index contributed by atoms with van der Waals surface area (Å²) >= 11 is 0. The average molecular weight is 288 g/mol. The smallest absolute Gasteiger partial charge is 0.221 e. The minimum atomic E-state index is -3.30. The molecule has 0 spiro atoms. The molecule has 0 unspecified atom stereocenters. The molecule has 106 valence electrons. The Bertz CT molecular complexity index is 528. The molecule has 1 N–H and O–H groups in total. The average Bonchev–Trinajstić information content (AvgIpc) is 2.94. The van der Waals surface area contributed by atoms with Gasteiger partial charge in [-0.15, -0.1) is 0 Å². The third kappa shape index (κ3) is 2.16. The number of nitrogens with zero attached hydrogens (tertiary/aromatic N) is 3. The van der Waals surface area contributed by atoms with Crippen molar-refractivity contribution in [3.63, 3.8) is 0 Å². The van der Waals surface area contributed by atoms with E-state index in [1.807, 2.05) is 0 Å². The molecule has 19 heavy (non-hydrogen) atoms. The molecule has 2 saturated heterocycles. The van der Waals surface area contributed by atoms with E-state index >= 15 is 0 Å². The van der Waals surface area contributed by atoms with Crippen LogP contribution in [-0.2, 0) is 19.5 Å². The SMILES string of the molecule is CO[C@@H]1CN(S(=O)(=O)C2COC2)C[C@H]1c1cn[nH]n1. The van der Waals surface area contributed by atoms with Gasteiger partial charge in [-0.2, -0.15) is 19.7 Å². The molecule has 2 aliphatic rings. The maximum Gasteiger partial charge on any atom is 0.221 e. The van der Waals surface area contributed by atoms with Crippen molar-refractivity contribution in [2.45, 2.75) is 17.3 Å². The van der Waals surface area contributed by atoms with E-state index in [1.54, 1.807) is 13.3 Å². The monoisotopic (exact) mass is 288 g/mol. The van der Waals surface area contributed by atoms with Gasteiger partial charge in [0.25, 0.3) is 0 Å². The van der Waals surface area contributed by atoms with Gasteiger partial charge >= 0.3 is 0 Å². The van der Waals surface area contributed by atoms with Crippen LogP contribution in [0.5, 0.6) is 0 Å². The molecule has 2 atom stereocenters. The molecular formula is C10H16N4O4S. The van der Waals surface area contributed by atoms with Crippen LogP contribution in [0.1, 0.15) is 11.6 Å². The van der Waals surface area contributed by atoms with Crippen molar-refractivity contribution in [1.82, 2.24) is 19.7 Å². The lowest BCUT2D eigenvalue weighted by Gasteiger charge is -2.29. The van der Waals surface area contributed by atoms with Crippen LogP contribution in [0.15, 0.2) is 6.20 Å². The number of ether oxygens (including phenoxy) is 2. The van der Waals surface area contributed by atoms with E-state index in [4.69, 9.17) is 9.47 Å². The van der Waals surface area contributed by atoms with Crippen molar-refractivity contribution in [3.8, 4) is 0 Å². The molecule has 1 aromatic heterocycles. The summed E-state index contributed by atoms with van der Waals surface area (Å²) in [6, 6.07) is 0. The third-order valence-electron chi connectivity index (χ3n) is 3.74. The van der Waals surface area contributed by atoms with Crippen molar-refractivity contribution in [2.75, 3.05) is 33.4 Å². The summed E-state index contributed by atoms with van der Waals surface area (Å²) < 4.78 is 36.5. The highest BCUT2D eigenvalue weighted by molar-refractivity contribution is 7.89. The Labute approximate surface area is 111 Å². The largest absolute Gasteiger partial charge is 0.379 e. The van der Waals surface area contributed by atoms with Gasteiger partial charge in [0.1, 0.15) is 5.25 Å². The van der Waals surface area contributed by atoms with Crippen molar-refractivity contribution in [2.24, 2.45) is 0 Å². The normalized spacial score (nSPS) is 29.5. The number of aromatic nitrogens is 3. The van der Waals surface area contributed by atoms with E-state index in [0.29, 0.717) is 13.1 Å².